The minimum absolute atomic E-state index is 0.0746. The summed E-state index contributed by atoms with van der Waals surface area (Å²) >= 11 is 0. The van der Waals surface area contributed by atoms with Crippen LogP contribution in [0.1, 0.15) is 59.3 Å². The molecule has 25 heavy (non-hydrogen) atoms. The average molecular weight is 356 g/mol. The molecule has 0 spiro atoms. The maximum absolute atomic E-state index is 12.4. The zero-order valence-electron chi connectivity index (χ0n) is 15.5. The topological polar surface area (TPSA) is 110 Å². The minimum Gasteiger partial charge on any atom is -0.481 e. The van der Waals surface area contributed by atoms with Crippen LogP contribution >= 0.6 is 0 Å². The molecule has 1 atom stereocenters. The van der Waals surface area contributed by atoms with E-state index in [2.05, 4.69) is 19.2 Å². The van der Waals surface area contributed by atoms with Gasteiger partial charge in [-0.15, -0.1) is 0 Å². The number of aliphatic hydroxyl groups is 2. The normalized spacial score (nSPS) is 21.7. The van der Waals surface area contributed by atoms with Gasteiger partial charge < -0.3 is 25.5 Å². The van der Waals surface area contributed by atoms with E-state index in [9.17, 15) is 19.8 Å². The smallest absolute Gasteiger partial charge is 0.307 e. The van der Waals surface area contributed by atoms with Crippen LogP contribution in [0.25, 0.3) is 0 Å². The molecule has 0 aromatic rings. The lowest BCUT2D eigenvalue weighted by molar-refractivity contribution is -0.136. The molecule has 0 bridgehead atoms. The number of aliphatic carboxylic acids is 1. The number of rotatable bonds is 11. The number of hydrogen-bond acceptors (Lipinski definition) is 5. The van der Waals surface area contributed by atoms with Gasteiger partial charge in [-0.1, -0.05) is 13.8 Å². The van der Waals surface area contributed by atoms with Crippen LogP contribution in [0.5, 0.6) is 0 Å². The highest BCUT2D eigenvalue weighted by Crippen LogP contribution is 2.34. The van der Waals surface area contributed by atoms with Crippen LogP contribution in [0.3, 0.4) is 0 Å². The molecule has 1 rings (SSSR count). The summed E-state index contributed by atoms with van der Waals surface area (Å²) in [7, 11) is 0. The number of carboxylic acids is 1. The third-order valence-corrected chi connectivity index (χ3v) is 5.16. The Bertz CT molecular complexity index is 502. The quantitative estimate of drug-likeness (QED) is 0.443. The Balaban J connectivity index is 3.13. The van der Waals surface area contributed by atoms with Crippen molar-refractivity contribution in [2.24, 2.45) is 0 Å². The van der Waals surface area contributed by atoms with Crippen LogP contribution in [0, 0.1) is 0 Å². The first-order valence-electron chi connectivity index (χ1n) is 9.02. The number of hydrogen-bond donors (Lipinski definition) is 4. The lowest BCUT2D eigenvalue weighted by Gasteiger charge is -2.38. The van der Waals surface area contributed by atoms with E-state index in [0.29, 0.717) is 24.8 Å². The van der Waals surface area contributed by atoms with Crippen LogP contribution in [0.2, 0.25) is 0 Å². The molecule has 1 fully saturated rings. The molecule has 0 saturated carbocycles. The Morgan fingerprint density at radius 1 is 1.32 bits per heavy atom. The molecule has 1 aliphatic rings. The number of likely N-dealkylation sites (tertiary alicyclic amines) is 1. The van der Waals surface area contributed by atoms with Crippen molar-refractivity contribution >= 4 is 11.9 Å². The zero-order valence-corrected chi connectivity index (χ0v) is 15.5. The van der Waals surface area contributed by atoms with E-state index in [0.717, 1.165) is 18.5 Å². The Morgan fingerprint density at radius 2 is 1.96 bits per heavy atom. The van der Waals surface area contributed by atoms with E-state index >= 15 is 0 Å². The van der Waals surface area contributed by atoms with E-state index in [1.165, 1.54) is 0 Å². The van der Waals surface area contributed by atoms with Crippen molar-refractivity contribution in [1.82, 2.24) is 10.2 Å². The molecule has 0 aromatic carbocycles. The summed E-state index contributed by atoms with van der Waals surface area (Å²) in [6.45, 7) is 5.76. The molecule has 1 aliphatic heterocycles. The summed E-state index contributed by atoms with van der Waals surface area (Å²) in [5.41, 5.74) is 0.632. The van der Waals surface area contributed by atoms with Gasteiger partial charge in [-0.2, -0.15) is 0 Å². The van der Waals surface area contributed by atoms with Gasteiger partial charge in [0.1, 0.15) is 0 Å². The van der Waals surface area contributed by atoms with Gasteiger partial charge in [0.15, 0.2) is 0 Å². The second kappa shape index (κ2) is 9.77. The molecule has 1 amide bonds. The maximum atomic E-state index is 12.4. The van der Waals surface area contributed by atoms with Gasteiger partial charge in [0, 0.05) is 24.8 Å². The summed E-state index contributed by atoms with van der Waals surface area (Å²) < 4.78 is 0. The molecule has 0 radical (unpaired) electrons. The standard InChI is InChI=1S/C18H32N2O5/c1-4-14(5-2)19-15(13(3)10-17(24)25)11-20-16(23)6-7-18(20,12-22)8-9-21/h14,19,21-22H,4-12H2,1-3H3,(H,24,25). The molecule has 144 valence electrons. The Morgan fingerprint density at radius 3 is 2.44 bits per heavy atom. The summed E-state index contributed by atoms with van der Waals surface area (Å²) in [5.74, 6) is -0.993. The predicted octanol–water partition coefficient (Wildman–Crippen LogP) is 1.25. The summed E-state index contributed by atoms with van der Waals surface area (Å²) in [4.78, 5) is 25.1. The van der Waals surface area contributed by atoms with Gasteiger partial charge in [-0.05, 0) is 38.2 Å². The molecule has 1 heterocycles. The molecule has 4 N–H and O–H groups in total. The Kier molecular flexibility index (Phi) is 8.38. The van der Waals surface area contributed by atoms with E-state index in [-0.39, 0.29) is 38.1 Å². The van der Waals surface area contributed by atoms with Crippen molar-refractivity contribution < 1.29 is 24.9 Å². The maximum Gasteiger partial charge on any atom is 0.307 e. The van der Waals surface area contributed by atoms with E-state index in [1.54, 1.807) is 11.8 Å². The highest BCUT2D eigenvalue weighted by molar-refractivity contribution is 5.80. The van der Waals surface area contributed by atoms with Crippen LogP contribution < -0.4 is 5.32 Å². The summed E-state index contributed by atoms with van der Waals surface area (Å²) in [6.07, 6.45) is 2.81. The van der Waals surface area contributed by atoms with E-state index in [4.69, 9.17) is 5.11 Å². The number of aliphatic hydroxyl groups excluding tert-OH is 2. The SMILES string of the molecule is CCC(CC)NC(CN1C(=O)CCC1(CO)CCO)=C(C)CC(=O)O. The number of carbonyl (C=O) groups is 2. The first-order chi connectivity index (χ1) is 11.8. The van der Waals surface area contributed by atoms with Gasteiger partial charge >= 0.3 is 5.97 Å². The van der Waals surface area contributed by atoms with Gasteiger partial charge in [0.05, 0.1) is 25.1 Å². The van der Waals surface area contributed by atoms with Crippen molar-refractivity contribution in [1.29, 1.82) is 0 Å². The summed E-state index contributed by atoms with van der Waals surface area (Å²) in [6, 6.07) is 0.192. The first-order valence-corrected chi connectivity index (χ1v) is 9.02. The highest BCUT2D eigenvalue weighted by atomic mass is 16.4. The van der Waals surface area contributed by atoms with E-state index < -0.39 is 11.5 Å². The first kappa shape index (κ1) is 21.4. The Labute approximate surface area is 149 Å². The molecule has 1 unspecified atom stereocenters. The van der Waals surface area contributed by atoms with E-state index in [1.807, 2.05) is 0 Å². The van der Waals surface area contributed by atoms with Crippen molar-refractivity contribution in [3.05, 3.63) is 11.3 Å². The van der Waals surface area contributed by atoms with Crippen molar-refractivity contribution in [2.45, 2.75) is 70.9 Å². The highest BCUT2D eigenvalue weighted by Gasteiger charge is 2.44. The minimum atomic E-state index is -0.919. The number of carboxylic acid groups (broad SMARTS) is 1. The van der Waals surface area contributed by atoms with Crippen LogP contribution in [0.4, 0.5) is 0 Å². The number of nitrogens with zero attached hydrogens (tertiary/aromatic N) is 1. The molecular formula is C18H32N2O5. The number of nitrogens with one attached hydrogen (secondary N) is 1. The molecule has 0 aliphatic carbocycles. The van der Waals surface area contributed by atoms with Crippen LogP contribution in [-0.2, 0) is 9.59 Å². The predicted molar refractivity (Wildman–Crippen MR) is 94.9 cm³/mol. The molecule has 7 heteroatoms. The van der Waals surface area contributed by atoms with Gasteiger partial charge in [0.2, 0.25) is 5.91 Å². The van der Waals surface area contributed by atoms with Gasteiger partial charge in [-0.3, -0.25) is 9.59 Å². The fraction of sp³-hybridized carbons (Fsp3) is 0.778. The monoisotopic (exact) mass is 356 g/mol. The zero-order chi connectivity index (χ0) is 19.0. The van der Waals surface area contributed by atoms with Crippen LogP contribution in [0.15, 0.2) is 11.3 Å². The molecule has 1 saturated heterocycles. The lowest BCUT2D eigenvalue weighted by atomic mass is 9.93. The number of carbonyl (C=O) groups excluding carboxylic acids is 1. The second-order valence-electron chi connectivity index (χ2n) is 6.82. The van der Waals surface area contributed by atoms with Gasteiger partial charge in [-0.25, -0.2) is 0 Å². The average Bonchev–Trinajstić information content (AvgIpc) is 2.88. The fourth-order valence-corrected chi connectivity index (χ4v) is 3.38. The molecular weight excluding hydrogens is 324 g/mol. The van der Waals surface area contributed by atoms with Crippen molar-refractivity contribution in [2.75, 3.05) is 19.8 Å². The Hall–Kier alpha value is -1.60. The second-order valence-corrected chi connectivity index (χ2v) is 6.82. The fourth-order valence-electron chi connectivity index (χ4n) is 3.38. The number of amides is 1. The largest absolute Gasteiger partial charge is 0.481 e. The lowest BCUT2D eigenvalue weighted by Crippen LogP contribution is -2.51. The van der Waals surface area contributed by atoms with Crippen LogP contribution in [-0.4, -0.2) is 63.4 Å². The molecule has 0 aromatic heterocycles. The van der Waals surface area contributed by atoms with Gasteiger partial charge in [0.25, 0.3) is 0 Å². The third-order valence-electron chi connectivity index (χ3n) is 5.16. The van der Waals surface area contributed by atoms with Crippen molar-refractivity contribution in [3.8, 4) is 0 Å². The van der Waals surface area contributed by atoms with Crippen molar-refractivity contribution in [3.63, 3.8) is 0 Å². The summed E-state index contributed by atoms with van der Waals surface area (Å²) in [5, 5.41) is 31.7. The molecule has 7 nitrogen and oxygen atoms in total. The third kappa shape index (κ3) is 5.44.